The lowest BCUT2D eigenvalue weighted by Crippen LogP contribution is -2.37. The zero-order valence-corrected chi connectivity index (χ0v) is 19.1. The number of benzene rings is 1. The molecule has 0 aromatic heterocycles. The average Bonchev–Trinajstić information content (AvgIpc) is 2.72. The number of ether oxygens (including phenoxy) is 3. The molecule has 31 heavy (non-hydrogen) atoms. The molecule has 176 valence electrons. The maximum atomic E-state index is 12.2. The molecule has 0 heterocycles. The van der Waals surface area contributed by atoms with Crippen molar-refractivity contribution in [3.05, 3.63) is 23.8 Å². The molecule has 0 saturated carbocycles. The van der Waals surface area contributed by atoms with Crippen LogP contribution in [-0.4, -0.2) is 61.7 Å². The van der Waals surface area contributed by atoms with Gasteiger partial charge in [0.25, 0.3) is 0 Å². The monoisotopic (exact) mass is 439 g/mol. The van der Waals surface area contributed by atoms with Gasteiger partial charge in [-0.1, -0.05) is 25.8 Å². The SMILES string of the molecule is CCCCCC(CC(OC(=O)CNC)C(CO)Cc1ccc(O)c(OC)c1)OC(C)=O. The fourth-order valence-electron chi connectivity index (χ4n) is 3.50. The molecule has 3 N–H and O–H groups in total. The molecule has 1 aromatic carbocycles. The number of phenolic OH excluding ortho intramolecular Hbond substituents is 1. The third-order valence-corrected chi connectivity index (χ3v) is 5.06. The maximum Gasteiger partial charge on any atom is 0.320 e. The number of aliphatic hydroxyl groups excluding tert-OH is 1. The van der Waals surface area contributed by atoms with Gasteiger partial charge < -0.3 is 29.7 Å². The Bertz CT molecular complexity index is 680. The van der Waals surface area contributed by atoms with E-state index in [0.717, 1.165) is 24.8 Å². The summed E-state index contributed by atoms with van der Waals surface area (Å²) in [6.45, 7) is 3.27. The molecule has 0 aliphatic carbocycles. The van der Waals surface area contributed by atoms with Crippen LogP contribution in [0.1, 0.15) is 51.5 Å². The van der Waals surface area contributed by atoms with Gasteiger partial charge in [-0.2, -0.15) is 0 Å². The zero-order chi connectivity index (χ0) is 23.2. The lowest BCUT2D eigenvalue weighted by molar-refractivity contribution is -0.157. The van der Waals surface area contributed by atoms with Gasteiger partial charge in [-0.3, -0.25) is 9.59 Å². The Kier molecular flexibility index (Phi) is 12.6. The number of esters is 2. The van der Waals surface area contributed by atoms with Crippen LogP contribution < -0.4 is 10.1 Å². The number of carbonyl (C=O) groups excluding carboxylic acids is 2. The molecule has 1 rings (SSSR count). The van der Waals surface area contributed by atoms with Crippen LogP contribution in [0.2, 0.25) is 0 Å². The molecular weight excluding hydrogens is 402 g/mol. The van der Waals surface area contributed by atoms with E-state index >= 15 is 0 Å². The first-order valence-corrected chi connectivity index (χ1v) is 10.8. The molecule has 1 aromatic rings. The van der Waals surface area contributed by atoms with E-state index < -0.39 is 24.1 Å². The van der Waals surface area contributed by atoms with Crippen LogP contribution in [0, 0.1) is 5.92 Å². The summed E-state index contributed by atoms with van der Waals surface area (Å²) in [6, 6.07) is 4.95. The topological polar surface area (TPSA) is 114 Å². The van der Waals surface area contributed by atoms with E-state index in [0.29, 0.717) is 25.0 Å². The van der Waals surface area contributed by atoms with Gasteiger partial charge in [-0.15, -0.1) is 0 Å². The lowest BCUT2D eigenvalue weighted by atomic mass is 9.90. The van der Waals surface area contributed by atoms with Gasteiger partial charge in [0.15, 0.2) is 11.5 Å². The number of carbonyl (C=O) groups is 2. The number of hydrogen-bond acceptors (Lipinski definition) is 8. The van der Waals surface area contributed by atoms with E-state index in [1.54, 1.807) is 19.2 Å². The summed E-state index contributed by atoms with van der Waals surface area (Å²) in [5.41, 5.74) is 0.818. The van der Waals surface area contributed by atoms with Crippen molar-refractivity contribution in [1.82, 2.24) is 5.32 Å². The first kappa shape index (κ1) is 26.7. The Morgan fingerprint density at radius 1 is 1.19 bits per heavy atom. The molecular formula is C23H37NO7. The summed E-state index contributed by atoms with van der Waals surface area (Å²) in [6.07, 6.45) is 3.26. The van der Waals surface area contributed by atoms with E-state index in [4.69, 9.17) is 14.2 Å². The summed E-state index contributed by atoms with van der Waals surface area (Å²) >= 11 is 0. The van der Waals surface area contributed by atoms with Crippen LogP contribution in [-0.2, 0) is 25.5 Å². The molecule has 0 spiro atoms. The summed E-state index contributed by atoms with van der Waals surface area (Å²) in [7, 11) is 3.11. The highest BCUT2D eigenvalue weighted by Gasteiger charge is 2.29. The first-order chi connectivity index (χ1) is 14.8. The standard InChI is InChI=1S/C23H37NO7/c1-5-6-7-8-19(30-16(2)26)13-21(31-23(28)14-24-3)18(15-25)11-17-9-10-20(27)22(12-17)29-4/h9-10,12,18-19,21,24-25,27H,5-8,11,13-15H2,1-4H3. The Hall–Kier alpha value is -2.32. The summed E-state index contributed by atoms with van der Waals surface area (Å²) in [5, 5.41) is 22.7. The number of aliphatic hydroxyl groups is 1. The van der Waals surface area contributed by atoms with Gasteiger partial charge in [0.1, 0.15) is 12.2 Å². The average molecular weight is 440 g/mol. The second-order valence-electron chi connectivity index (χ2n) is 7.67. The molecule has 0 aliphatic heterocycles. The molecule has 8 nitrogen and oxygen atoms in total. The quantitative estimate of drug-likeness (QED) is 0.282. The van der Waals surface area contributed by atoms with Crippen molar-refractivity contribution in [2.24, 2.45) is 5.92 Å². The minimum Gasteiger partial charge on any atom is -0.504 e. The van der Waals surface area contributed by atoms with Gasteiger partial charge in [0, 0.05) is 25.9 Å². The fourth-order valence-corrected chi connectivity index (χ4v) is 3.50. The van der Waals surface area contributed by atoms with Crippen LogP contribution in [0.4, 0.5) is 0 Å². The molecule has 3 unspecified atom stereocenters. The number of rotatable bonds is 15. The summed E-state index contributed by atoms with van der Waals surface area (Å²) in [4.78, 5) is 23.8. The van der Waals surface area contributed by atoms with Crippen molar-refractivity contribution in [3.63, 3.8) is 0 Å². The van der Waals surface area contributed by atoms with Crippen molar-refractivity contribution < 1.29 is 34.0 Å². The van der Waals surface area contributed by atoms with E-state index in [2.05, 4.69) is 12.2 Å². The number of nitrogens with one attached hydrogen (secondary N) is 1. The van der Waals surface area contributed by atoms with Crippen LogP contribution >= 0.6 is 0 Å². The molecule has 8 heteroatoms. The predicted octanol–water partition coefficient (Wildman–Crippen LogP) is 2.59. The molecule has 0 bridgehead atoms. The summed E-state index contributed by atoms with van der Waals surface area (Å²) < 4.78 is 16.3. The largest absolute Gasteiger partial charge is 0.504 e. The summed E-state index contributed by atoms with van der Waals surface area (Å²) in [5.74, 6) is -0.890. The number of hydrogen-bond donors (Lipinski definition) is 3. The second kappa shape index (κ2) is 14.6. The number of methoxy groups -OCH3 is 1. The minimum absolute atomic E-state index is 0.0228. The van der Waals surface area contributed by atoms with E-state index in [1.807, 2.05) is 0 Å². The fraction of sp³-hybridized carbons (Fsp3) is 0.652. The third-order valence-electron chi connectivity index (χ3n) is 5.06. The lowest BCUT2D eigenvalue weighted by Gasteiger charge is -2.29. The number of likely N-dealkylation sites (N-methyl/N-ethyl adjacent to an activating group) is 1. The smallest absolute Gasteiger partial charge is 0.320 e. The Morgan fingerprint density at radius 3 is 2.52 bits per heavy atom. The van der Waals surface area contributed by atoms with E-state index in [-0.39, 0.29) is 24.9 Å². The van der Waals surface area contributed by atoms with Gasteiger partial charge in [-0.25, -0.2) is 0 Å². The van der Waals surface area contributed by atoms with E-state index in [1.165, 1.54) is 20.1 Å². The van der Waals surface area contributed by atoms with Crippen molar-refractivity contribution in [1.29, 1.82) is 0 Å². The van der Waals surface area contributed by atoms with Crippen LogP contribution in [0.15, 0.2) is 18.2 Å². The van der Waals surface area contributed by atoms with Crippen LogP contribution in [0.5, 0.6) is 11.5 Å². The second-order valence-corrected chi connectivity index (χ2v) is 7.67. The highest BCUT2D eigenvalue weighted by atomic mass is 16.6. The molecule has 0 radical (unpaired) electrons. The zero-order valence-electron chi connectivity index (χ0n) is 19.1. The normalized spacial score (nSPS) is 13.8. The van der Waals surface area contributed by atoms with Crippen LogP contribution in [0.3, 0.4) is 0 Å². The molecule has 0 aliphatic rings. The van der Waals surface area contributed by atoms with Gasteiger partial charge in [0.05, 0.1) is 13.7 Å². The van der Waals surface area contributed by atoms with Gasteiger partial charge in [-0.05, 0) is 44.0 Å². The van der Waals surface area contributed by atoms with Gasteiger partial charge in [0.2, 0.25) is 0 Å². The van der Waals surface area contributed by atoms with Gasteiger partial charge >= 0.3 is 11.9 Å². The number of aromatic hydroxyl groups is 1. The third kappa shape index (κ3) is 10.0. The van der Waals surface area contributed by atoms with Crippen molar-refractivity contribution in [2.75, 3.05) is 27.3 Å². The Morgan fingerprint density at radius 2 is 1.94 bits per heavy atom. The Balaban J connectivity index is 3.05. The molecule has 0 fully saturated rings. The highest BCUT2D eigenvalue weighted by molar-refractivity contribution is 5.71. The molecule has 3 atom stereocenters. The number of phenols is 1. The Labute approximate surface area is 184 Å². The highest BCUT2D eigenvalue weighted by Crippen LogP contribution is 2.29. The van der Waals surface area contributed by atoms with Crippen molar-refractivity contribution >= 4 is 11.9 Å². The van der Waals surface area contributed by atoms with Crippen molar-refractivity contribution in [2.45, 2.75) is 64.6 Å². The van der Waals surface area contributed by atoms with Crippen molar-refractivity contribution in [3.8, 4) is 11.5 Å². The molecule has 0 saturated heterocycles. The molecule has 0 amide bonds. The predicted molar refractivity (Wildman–Crippen MR) is 117 cm³/mol. The van der Waals surface area contributed by atoms with Crippen LogP contribution in [0.25, 0.3) is 0 Å². The minimum atomic E-state index is -0.642. The first-order valence-electron chi connectivity index (χ1n) is 10.8. The number of unbranched alkanes of at least 4 members (excludes halogenated alkanes) is 2. The maximum absolute atomic E-state index is 12.2. The van der Waals surface area contributed by atoms with E-state index in [9.17, 15) is 19.8 Å².